The summed E-state index contributed by atoms with van der Waals surface area (Å²) in [7, 11) is 0. The summed E-state index contributed by atoms with van der Waals surface area (Å²) >= 11 is 0. The van der Waals surface area contributed by atoms with Crippen LogP contribution < -0.4 is 10.6 Å². The molecule has 4 heteroatoms. The van der Waals surface area contributed by atoms with Crippen LogP contribution in [0.2, 0.25) is 0 Å². The molecule has 0 bridgehead atoms. The summed E-state index contributed by atoms with van der Waals surface area (Å²) in [5.41, 5.74) is -0.417. The van der Waals surface area contributed by atoms with Crippen LogP contribution in [0.5, 0.6) is 0 Å². The molecule has 0 radical (unpaired) electrons. The van der Waals surface area contributed by atoms with Gasteiger partial charge in [0.05, 0.1) is 0 Å². The first-order valence-corrected chi connectivity index (χ1v) is 7.13. The van der Waals surface area contributed by atoms with Crippen molar-refractivity contribution in [1.29, 1.82) is 0 Å². The summed E-state index contributed by atoms with van der Waals surface area (Å²) in [5.74, 6) is 2.30. The second kappa shape index (κ2) is 4.90. The lowest BCUT2D eigenvalue weighted by atomic mass is 9.65. The summed E-state index contributed by atoms with van der Waals surface area (Å²) in [6.45, 7) is 9.34. The SMILES string of the molecule is CCN=C1NC(=O)C2(CC(C)CCC2C(C)C)N1. The molecule has 1 heterocycles. The lowest BCUT2D eigenvalue weighted by molar-refractivity contribution is -0.129. The Kier molecular flexibility index (Phi) is 3.64. The molecule has 1 aliphatic carbocycles. The highest BCUT2D eigenvalue weighted by Crippen LogP contribution is 2.42. The molecule has 3 atom stereocenters. The number of amides is 1. The van der Waals surface area contributed by atoms with E-state index in [2.05, 4.69) is 36.4 Å². The zero-order valence-electron chi connectivity index (χ0n) is 11.9. The van der Waals surface area contributed by atoms with E-state index in [1.165, 1.54) is 6.42 Å². The third kappa shape index (κ3) is 2.13. The molecule has 1 aliphatic heterocycles. The number of nitrogens with one attached hydrogen (secondary N) is 2. The van der Waals surface area contributed by atoms with Gasteiger partial charge in [-0.15, -0.1) is 0 Å². The first-order valence-electron chi connectivity index (χ1n) is 7.13. The minimum atomic E-state index is -0.417. The maximum atomic E-state index is 12.4. The van der Waals surface area contributed by atoms with Crippen molar-refractivity contribution in [2.75, 3.05) is 6.54 Å². The van der Waals surface area contributed by atoms with Gasteiger partial charge in [-0.25, -0.2) is 0 Å². The number of carbonyl (C=O) groups is 1. The Labute approximate surface area is 110 Å². The van der Waals surface area contributed by atoms with E-state index in [-0.39, 0.29) is 5.91 Å². The Morgan fingerprint density at radius 2 is 2.17 bits per heavy atom. The fourth-order valence-corrected chi connectivity index (χ4v) is 3.58. The summed E-state index contributed by atoms with van der Waals surface area (Å²) in [5, 5.41) is 6.33. The van der Waals surface area contributed by atoms with Gasteiger partial charge in [0.2, 0.25) is 0 Å². The number of guanidine groups is 1. The first kappa shape index (κ1) is 13.4. The quantitative estimate of drug-likeness (QED) is 0.787. The summed E-state index contributed by atoms with van der Waals surface area (Å²) in [4.78, 5) is 16.8. The molecule has 0 aromatic rings. The molecule has 1 amide bonds. The normalized spacial score (nSPS) is 38.3. The number of nitrogens with zero attached hydrogens (tertiary/aromatic N) is 1. The molecule has 4 nitrogen and oxygen atoms in total. The van der Waals surface area contributed by atoms with Gasteiger partial charge in [-0.1, -0.05) is 27.2 Å². The van der Waals surface area contributed by atoms with Crippen molar-refractivity contribution in [3.63, 3.8) is 0 Å². The van der Waals surface area contributed by atoms with E-state index in [1.54, 1.807) is 0 Å². The van der Waals surface area contributed by atoms with Crippen molar-refractivity contribution in [3.8, 4) is 0 Å². The van der Waals surface area contributed by atoms with Gasteiger partial charge in [-0.05, 0) is 37.5 Å². The summed E-state index contributed by atoms with van der Waals surface area (Å²) < 4.78 is 0. The van der Waals surface area contributed by atoms with E-state index >= 15 is 0 Å². The first-order chi connectivity index (χ1) is 8.49. The van der Waals surface area contributed by atoms with E-state index in [4.69, 9.17) is 0 Å². The van der Waals surface area contributed by atoms with Crippen LogP contribution in [0.3, 0.4) is 0 Å². The van der Waals surface area contributed by atoms with Gasteiger partial charge in [0, 0.05) is 6.54 Å². The van der Waals surface area contributed by atoms with Gasteiger partial charge in [0.15, 0.2) is 5.96 Å². The number of hydrogen-bond donors (Lipinski definition) is 2. The lowest BCUT2D eigenvalue weighted by Crippen LogP contribution is -2.57. The Balaban J connectivity index is 2.30. The molecule has 0 aromatic heterocycles. The van der Waals surface area contributed by atoms with E-state index in [0.717, 1.165) is 12.8 Å². The Morgan fingerprint density at radius 1 is 1.44 bits per heavy atom. The molecule has 1 spiro atoms. The zero-order valence-corrected chi connectivity index (χ0v) is 11.9. The summed E-state index contributed by atoms with van der Waals surface area (Å²) in [6, 6.07) is 0. The van der Waals surface area contributed by atoms with Gasteiger partial charge in [-0.3, -0.25) is 15.1 Å². The van der Waals surface area contributed by atoms with Gasteiger partial charge < -0.3 is 5.32 Å². The highest BCUT2D eigenvalue weighted by molar-refractivity contribution is 6.09. The predicted molar refractivity (Wildman–Crippen MR) is 73.3 cm³/mol. The highest BCUT2D eigenvalue weighted by atomic mass is 16.2. The maximum Gasteiger partial charge on any atom is 0.252 e. The molecule has 1 saturated carbocycles. The molecular formula is C14H25N3O. The monoisotopic (exact) mass is 251 g/mol. The molecular weight excluding hydrogens is 226 g/mol. The van der Waals surface area contributed by atoms with Crippen LogP contribution in [0.4, 0.5) is 0 Å². The second-order valence-corrected chi connectivity index (χ2v) is 6.11. The van der Waals surface area contributed by atoms with Crippen molar-refractivity contribution in [2.45, 2.75) is 52.5 Å². The molecule has 18 heavy (non-hydrogen) atoms. The number of aliphatic imine (C=N–C) groups is 1. The highest BCUT2D eigenvalue weighted by Gasteiger charge is 2.53. The van der Waals surface area contributed by atoms with Crippen molar-refractivity contribution >= 4 is 11.9 Å². The molecule has 2 N–H and O–H groups in total. The fraction of sp³-hybridized carbons (Fsp3) is 0.857. The average Bonchev–Trinajstić information content (AvgIpc) is 2.55. The molecule has 2 fully saturated rings. The van der Waals surface area contributed by atoms with Gasteiger partial charge in [-0.2, -0.15) is 0 Å². The van der Waals surface area contributed by atoms with Crippen LogP contribution in [-0.2, 0) is 4.79 Å². The van der Waals surface area contributed by atoms with Crippen LogP contribution in [0.25, 0.3) is 0 Å². The minimum absolute atomic E-state index is 0.125. The van der Waals surface area contributed by atoms with Crippen LogP contribution in [0.15, 0.2) is 4.99 Å². The van der Waals surface area contributed by atoms with Crippen molar-refractivity contribution in [3.05, 3.63) is 0 Å². The van der Waals surface area contributed by atoms with Crippen molar-refractivity contribution in [1.82, 2.24) is 10.6 Å². The molecule has 102 valence electrons. The largest absolute Gasteiger partial charge is 0.341 e. The smallest absolute Gasteiger partial charge is 0.252 e. The third-order valence-corrected chi connectivity index (χ3v) is 4.37. The third-order valence-electron chi connectivity index (χ3n) is 4.37. The van der Waals surface area contributed by atoms with E-state index in [9.17, 15) is 4.79 Å². The predicted octanol–water partition coefficient (Wildman–Crippen LogP) is 1.91. The van der Waals surface area contributed by atoms with Crippen LogP contribution in [0.1, 0.15) is 47.0 Å². The molecule has 3 unspecified atom stereocenters. The average molecular weight is 251 g/mol. The lowest BCUT2D eigenvalue weighted by Gasteiger charge is -2.43. The number of hydrogen-bond acceptors (Lipinski definition) is 2. The van der Waals surface area contributed by atoms with Gasteiger partial charge >= 0.3 is 0 Å². The fourth-order valence-electron chi connectivity index (χ4n) is 3.58. The molecule has 2 rings (SSSR count). The molecule has 1 saturated heterocycles. The maximum absolute atomic E-state index is 12.4. The minimum Gasteiger partial charge on any atom is -0.341 e. The van der Waals surface area contributed by atoms with Crippen molar-refractivity contribution in [2.24, 2.45) is 22.7 Å². The topological polar surface area (TPSA) is 53.5 Å². The Hall–Kier alpha value is -1.06. The van der Waals surface area contributed by atoms with Gasteiger partial charge in [0.25, 0.3) is 5.91 Å². The Bertz CT molecular complexity index is 364. The number of rotatable bonds is 2. The zero-order chi connectivity index (χ0) is 13.3. The molecule has 0 aromatic carbocycles. The van der Waals surface area contributed by atoms with E-state index in [0.29, 0.717) is 30.3 Å². The van der Waals surface area contributed by atoms with Gasteiger partial charge in [0.1, 0.15) is 5.54 Å². The van der Waals surface area contributed by atoms with Crippen LogP contribution in [-0.4, -0.2) is 24.0 Å². The van der Waals surface area contributed by atoms with E-state index in [1.807, 2.05) is 6.92 Å². The molecule has 2 aliphatic rings. The summed E-state index contributed by atoms with van der Waals surface area (Å²) in [6.07, 6.45) is 3.27. The number of carbonyl (C=O) groups excluding carboxylic acids is 1. The van der Waals surface area contributed by atoms with E-state index < -0.39 is 5.54 Å². The standard InChI is InChI=1S/C14H25N3O/c1-5-15-13-16-12(18)14(17-13)8-10(4)6-7-11(14)9(2)3/h9-11H,5-8H2,1-4H3,(H2,15,16,17,18). The second-order valence-electron chi connectivity index (χ2n) is 6.11. The van der Waals surface area contributed by atoms with Crippen LogP contribution in [0, 0.1) is 17.8 Å². The Morgan fingerprint density at radius 3 is 2.78 bits per heavy atom. The van der Waals surface area contributed by atoms with Crippen LogP contribution >= 0.6 is 0 Å². The van der Waals surface area contributed by atoms with Crippen molar-refractivity contribution < 1.29 is 4.79 Å².